The fourth-order valence-electron chi connectivity index (χ4n) is 3.41. The average molecular weight is 420 g/mol. The number of benzene rings is 1. The third-order valence-corrected chi connectivity index (χ3v) is 5.20. The van der Waals surface area contributed by atoms with Crippen LogP contribution in [0.4, 0.5) is 5.69 Å². The zero-order valence-corrected chi connectivity index (χ0v) is 18.0. The molecule has 7 heteroatoms. The van der Waals surface area contributed by atoms with Gasteiger partial charge in [0.25, 0.3) is 0 Å². The number of anilines is 1. The van der Waals surface area contributed by atoms with Crippen molar-refractivity contribution in [1.29, 1.82) is 0 Å². The number of aliphatic hydroxyl groups is 3. The van der Waals surface area contributed by atoms with E-state index in [2.05, 4.69) is 5.32 Å². The Labute approximate surface area is 177 Å². The van der Waals surface area contributed by atoms with Crippen LogP contribution in [0.25, 0.3) is 0 Å². The summed E-state index contributed by atoms with van der Waals surface area (Å²) < 4.78 is 5.13. The fourth-order valence-corrected chi connectivity index (χ4v) is 3.41. The molecule has 1 heterocycles. The van der Waals surface area contributed by atoms with Gasteiger partial charge in [0, 0.05) is 38.1 Å². The van der Waals surface area contributed by atoms with Gasteiger partial charge in [-0.15, -0.1) is 0 Å². The summed E-state index contributed by atoms with van der Waals surface area (Å²) in [5, 5.41) is 34.1. The molecule has 1 aliphatic rings. The minimum Gasteiger partial charge on any atom is -0.387 e. The number of carbonyl (C=O) groups excluding carboxylic acids is 2. The molecule has 0 saturated carbocycles. The molecule has 0 aliphatic carbocycles. The Hall–Kier alpha value is -2.06. The number of fused-ring (bicyclic) bond motifs is 1. The van der Waals surface area contributed by atoms with Gasteiger partial charge in [-0.3, -0.25) is 9.59 Å². The Bertz CT molecular complexity index is 769. The average Bonchev–Trinajstić information content (AvgIpc) is 2.84. The normalized spacial score (nSPS) is 21.3. The highest BCUT2D eigenvalue weighted by Gasteiger charge is 2.37. The van der Waals surface area contributed by atoms with Crippen molar-refractivity contribution in [1.82, 2.24) is 0 Å². The number of carbonyl (C=O) groups is 2. The van der Waals surface area contributed by atoms with Gasteiger partial charge in [0.1, 0.15) is 30.2 Å². The van der Waals surface area contributed by atoms with E-state index in [0.717, 1.165) is 11.3 Å². The molecule has 0 aromatic heterocycles. The van der Waals surface area contributed by atoms with Crippen LogP contribution in [0.3, 0.4) is 0 Å². The van der Waals surface area contributed by atoms with Gasteiger partial charge < -0.3 is 25.4 Å². The Kier molecular flexibility index (Phi) is 8.32. The number of hydrogen-bond acceptors (Lipinski definition) is 7. The van der Waals surface area contributed by atoms with Gasteiger partial charge >= 0.3 is 0 Å². The topological polar surface area (TPSA) is 116 Å². The number of rotatable bonds is 8. The minimum atomic E-state index is -1.63. The summed E-state index contributed by atoms with van der Waals surface area (Å²) >= 11 is 0. The third kappa shape index (κ3) is 6.47. The van der Waals surface area contributed by atoms with Crippen molar-refractivity contribution in [2.24, 2.45) is 11.3 Å². The first-order valence-corrected chi connectivity index (χ1v) is 10.2. The second kappa shape index (κ2) is 10.3. The molecule has 0 bridgehead atoms. The summed E-state index contributed by atoms with van der Waals surface area (Å²) in [6.07, 6.45) is -2.75. The van der Waals surface area contributed by atoms with E-state index in [1.807, 2.05) is 45.0 Å². The third-order valence-electron chi connectivity index (χ3n) is 5.20. The van der Waals surface area contributed by atoms with E-state index < -0.39 is 36.1 Å². The van der Waals surface area contributed by atoms with E-state index in [1.165, 1.54) is 13.2 Å². The number of ketones is 2. The lowest BCUT2D eigenvalue weighted by Gasteiger charge is -2.28. The molecule has 0 spiro atoms. The quantitative estimate of drug-likeness (QED) is 0.472. The summed E-state index contributed by atoms with van der Waals surface area (Å²) in [5.74, 6) is -1.14. The standard InChI is InChI=1S/C23H33NO6/c1-23(2,3)10-9-17(25)20(28)21(29)22(30-4)19(27)12-15-13-24-16-8-6-5-7-14(16)11-18(15)26/h5-10,15,17,20-22,24-25,28-29H,11-13H2,1-4H3/b10-9+/t15-,17+,20-,21+,22-/m0/s1. The maximum atomic E-state index is 12.8. The molecule has 5 atom stereocenters. The van der Waals surface area contributed by atoms with Crippen LogP contribution in [-0.4, -0.2) is 65.0 Å². The Morgan fingerprint density at radius 3 is 2.53 bits per heavy atom. The second-order valence-electron chi connectivity index (χ2n) is 8.90. The van der Waals surface area contributed by atoms with Crippen LogP contribution < -0.4 is 5.32 Å². The van der Waals surface area contributed by atoms with Crippen LogP contribution in [-0.2, 0) is 20.7 Å². The number of allylic oxidation sites excluding steroid dienone is 1. The summed E-state index contributed by atoms with van der Waals surface area (Å²) in [5.41, 5.74) is 1.53. The van der Waals surface area contributed by atoms with E-state index in [-0.39, 0.29) is 24.0 Å². The molecule has 166 valence electrons. The van der Waals surface area contributed by atoms with E-state index in [1.54, 1.807) is 6.08 Å². The predicted molar refractivity (Wildman–Crippen MR) is 114 cm³/mol. The van der Waals surface area contributed by atoms with Crippen LogP contribution in [0.1, 0.15) is 32.8 Å². The maximum absolute atomic E-state index is 12.8. The number of para-hydroxylation sites is 1. The van der Waals surface area contributed by atoms with Crippen molar-refractivity contribution in [2.75, 3.05) is 19.0 Å². The molecule has 0 saturated heterocycles. The summed E-state index contributed by atoms with van der Waals surface area (Å²) in [6.45, 7) is 6.08. The van der Waals surface area contributed by atoms with Crippen molar-refractivity contribution < 1.29 is 29.6 Å². The van der Waals surface area contributed by atoms with Crippen molar-refractivity contribution in [2.45, 2.75) is 58.0 Å². The molecular weight excluding hydrogens is 386 g/mol. The largest absolute Gasteiger partial charge is 0.387 e. The van der Waals surface area contributed by atoms with E-state index in [4.69, 9.17) is 4.74 Å². The summed E-state index contributed by atoms with van der Waals surface area (Å²) in [7, 11) is 1.25. The molecule has 4 N–H and O–H groups in total. The SMILES string of the molecule is CO[C@@H](C(=O)C[C@H]1CNc2ccccc2CC1=O)[C@H](O)[C@@H](O)[C@H](O)/C=C/C(C)(C)C. The first-order chi connectivity index (χ1) is 14.0. The smallest absolute Gasteiger partial charge is 0.165 e. The van der Waals surface area contributed by atoms with Crippen molar-refractivity contribution >= 4 is 17.3 Å². The van der Waals surface area contributed by atoms with Gasteiger partial charge in [0.15, 0.2) is 5.78 Å². The molecule has 0 unspecified atom stereocenters. The zero-order chi connectivity index (χ0) is 22.5. The lowest BCUT2D eigenvalue weighted by Crippen LogP contribution is -2.48. The summed E-state index contributed by atoms with van der Waals surface area (Å²) in [4.78, 5) is 25.4. The Morgan fingerprint density at radius 1 is 1.23 bits per heavy atom. The van der Waals surface area contributed by atoms with Crippen LogP contribution in [0.15, 0.2) is 36.4 Å². The fraction of sp³-hybridized carbons (Fsp3) is 0.565. The van der Waals surface area contributed by atoms with E-state index in [0.29, 0.717) is 6.54 Å². The number of ether oxygens (including phenoxy) is 1. The Balaban J connectivity index is 2.03. The maximum Gasteiger partial charge on any atom is 0.165 e. The molecule has 1 aromatic rings. The molecule has 2 rings (SSSR count). The first-order valence-electron chi connectivity index (χ1n) is 10.2. The molecular formula is C23H33NO6. The van der Waals surface area contributed by atoms with Crippen LogP contribution >= 0.6 is 0 Å². The highest BCUT2D eigenvalue weighted by molar-refractivity contribution is 5.93. The van der Waals surface area contributed by atoms with Gasteiger partial charge in [0.2, 0.25) is 0 Å². The predicted octanol–water partition coefficient (Wildman–Crippen LogP) is 1.50. The molecule has 0 radical (unpaired) electrons. The lowest BCUT2D eigenvalue weighted by atomic mass is 9.89. The van der Waals surface area contributed by atoms with Gasteiger partial charge in [-0.05, 0) is 17.0 Å². The molecule has 1 aliphatic heterocycles. The number of Topliss-reactive ketones (excluding diaryl/α,β-unsaturated/α-hetero) is 2. The minimum absolute atomic E-state index is 0.0705. The zero-order valence-electron chi connectivity index (χ0n) is 18.0. The molecule has 30 heavy (non-hydrogen) atoms. The molecule has 1 aromatic carbocycles. The number of nitrogens with one attached hydrogen (secondary N) is 1. The second-order valence-corrected chi connectivity index (χ2v) is 8.90. The first kappa shape index (κ1) is 24.2. The monoisotopic (exact) mass is 419 g/mol. The van der Waals surface area contributed by atoms with Gasteiger partial charge in [0.05, 0.1) is 0 Å². The van der Waals surface area contributed by atoms with Crippen LogP contribution in [0.5, 0.6) is 0 Å². The highest BCUT2D eigenvalue weighted by Crippen LogP contribution is 2.24. The van der Waals surface area contributed by atoms with Crippen LogP contribution in [0.2, 0.25) is 0 Å². The lowest BCUT2D eigenvalue weighted by molar-refractivity contribution is -0.148. The molecule has 0 amide bonds. The number of hydrogen-bond donors (Lipinski definition) is 4. The summed E-state index contributed by atoms with van der Waals surface area (Å²) in [6, 6.07) is 7.49. The van der Waals surface area contributed by atoms with E-state index in [9.17, 15) is 24.9 Å². The van der Waals surface area contributed by atoms with E-state index >= 15 is 0 Å². The Morgan fingerprint density at radius 2 is 1.90 bits per heavy atom. The number of aliphatic hydroxyl groups excluding tert-OH is 3. The number of methoxy groups -OCH3 is 1. The van der Waals surface area contributed by atoms with Crippen molar-refractivity contribution in [3.8, 4) is 0 Å². The highest BCUT2D eigenvalue weighted by atomic mass is 16.5. The molecule has 0 fully saturated rings. The van der Waals surface area contributed by atoms with Crippen LogP contribution in [0, 0.1) is 11.3 Å². The van der Waals surface area contributed by atoms with Gasteiger partial charge in [-0.2, -0.15) is 0 Å². The van der Waals surface area contributed by atoms with Gasteiger partial charge in [-0.25, -0.2) is 0 Å². The van der Waals surface area contributed by atoms with Gasteiger partial charge in [-0.1, -0.05) is 51.1 Å². The molecule has 7 nitrogen and oxygen atoms in total. The van der Waals surface area contributed by atoms with Crippen molar-refractivity contribution in [3.63, 3.8) is 0 Å². The van der Waals surface area contributed by atoms with Crippen molar-refractivity contribution in [3.05, 3.63) is 42.0 Å².